The Balaban J connectivity index is 2.14. The largest absolute Gasteiger partial charge is 0.461 e. The predicted molar refractivity (Wildman–Crippen MR) is 120 cm³/mol. The van der Waals surface area contributed by atoms with E-state index in [-0.39, 0.29) is 19.0 Å². The molecule has 1 amide bonds. The number of esters is 1. The Labute approximate surface area is 186 Å². The van der Waals surface area contributed by atoms with Crippen LogP contribution in [-0.2, 0) is 16.0 Å². The minimum atomic E-state index is -0.733. The van der Waals surface area contributed by atoms with Crippen LogP contribution >= 0.6 is 0 Å². The molecular weight excluding hydrogens is 413 g/mol. The highest BCUT2D eigenvalue weighted by atomic mass is 19.1. The van der Waals surface area contributed by atoms with Crippen molar-refractivity contribution in [2.45, 2.75) is 53.7 Å². The fourth-order valence-corrected chi connectivity index (χ4v) is 3.40. The number of benzene rings is 1. The normalized spacial score (nSPS) is 11.5. The first kappa shape index (κ1) is 23.2. The number of carbonyl (C=O) groups is 2. The molecule has 0 atom stereocenters. The Morgan fingerprint density at radius 1 is 1.19 bits per heavy atom. The van der Waals surface area contributed by atoms with Crippen molar-refractivity contribution in [1.82, 2.24) is 9.97 Å². The lowest BCUT2D eigenvalue weighted by Crippen LogP contribution is -2.37. The van der Waals surface area contributed by atoms with Gasteiger partial charge in [0.25, 0.3) is 0 Å². The van der Waals surface area contributed by atoms with E-state index in [0.717, 1.165) is 10.9 Å². The Kier molecular flexibility index (Phi) is 6.52. The average molecular weight is 442 g/mol. The number of fused-ring (bicyclic) bond motifs is 1. The maximum absolute atomic E-state index is 13.6. The van der Waals surface area contributed by atoms with Crippen LogP contribution in [0.5, 0.6) is 0 Å². The van der Waals surface area contributed by atoms with Gasteiger partial charge < -0.3 is 14.5 Å². The SMILES string of the molecule is CCOC(=O)c1[nH]c2c(N(Cc3ccc(F)cc3C)C(=O)OC(C)(C)C)nccc2c1C. The molecule has 0 saturated carbocycles. The first-order valence-corrected chi connectivity index (χ1v) is 10.4. The second-order valence-electron chi connectivity index (χ2n) is 8.54. The molecule has 1 N–H and O–H groups in total. The number of H-pyrrole nitrogens is 1. The van der Waals surface area contributed by atoms with E-state index in [1.807, 2.05) is 0 Å². The maximum atomic E-state index is 13.6. The van der Waals surface area contributed by atoms with Crippen molar-refractivity contribution in [3.05, 3.63) is 58.7 Å². The molecule has 0 aliphatic heterocycles. The number of aryl methyl sites for hydroxylation is 2. The van der Waals surface area contributed by atoms with Gasteiger partial charge in [-0.25, -0.2) is 19.0 Å². The average Bonchev–Trinajstić information content (AvgIpc) is 3.03. The predicted octanol–water partition coefficient (Wildman–Crippen LogP) is 5.44. The summed E-state index contributed by atoms with van der Waals surface area (Å²) in [6.07, 6.45) is 0.966. The number of amides is 1. The molecule has 3 rings (SSSR count). The summed E-state index contributed by atoms with van der Waals surface area (Å²) in [6.45, 7) is 11.0. The van der Waals surface area contributed by atoms with E-state index in [4.69, 9.17) is 9.47 Å². The third kappa shape index (κ3) is 4.90. The number of nitrogens with zero attached hydrogens (tertiary/aromatic N) is 2. The first-order valence-electron chi connectivity index (χ1n) is 10.4. The summed E-state index contributed by atoms with van der Waals surface area (Å²) in [6, 6.07) is 6.16. The minimum Gasteiger partial charge on any atom is -0.461 e. The Bertz CT molecular complexity index is 1160. The Morgan fingerprint density at radius 2 is 1.91 bits per heavy atom. The lowest BCUT2D eigenvalue weighted by Gasteiger charge is -2.27. The first-order chi connectivity index (χ1) is 15.0. The van der Waals surface area contributed by atoms with Crippen molar-refractivity contribution in [2.24, 2.45) is 0 Å². The third-order valence-corrected chi connectivity index (χ3v) is 4.94. The van der Waals surface area contributed by atoms with E-state index in [2.05, 4.69) is 9.97 Å². The number of ether oxygens (including phenoxy) is 2. The number of rotatable bonds is 5. The quantitative estimate of drug-likeness (QED) is 0.533. The molecule has 0 fully saturated rings. The van der Waals surface area contributed by atoms with Crippen LogP contribution in [0.3, 0.4) is 0 Å². The third-order valence-electron chi connectivity index (χ3n) is 4.94. The van der Waals surface area contributed by atoms with Crippen molar-refractivity contribution < 1.29 is 23.5 Å². The molecular formula is C24H28FN3O4. The zero-order chi connectivity index (χ0) is 23.6. The molecule has 1 aromatic carbocycles. The zero-order valence-electron chi connectivity index (χ0n) is 19.2. The van der Waals surface area contributed by atoms with E-state index in [1.54, 1.807) is 59.9 Å². The lowest BCUT2D eigenvalue weighted by molar-refractivity contribution is 0.0518. The van der Waals surface area contributed by atoms with Crippen LogP contribution in [-0.4, -0.2) is 34.2 Å². The summed E-state index contributed by atoms with van der Waals surface area (Å²) in [5.74, 6) is -0.529. The van der Waals surface area contributed by atoms with Gasteiger partial charge in [-0.15, -0.1) is 0 Å². The smallest absolute Gasteiger partial charge is 0.416 e. The molecule has 170 valence electrons. The number of halogens is 1. The van der Waals surface area contributed by atoms with Gasteiger partial charge in [0.15, 0.2) is 5.82 Å². The van der Waals surface area contributed by atoms with Gasteiger partial charge in [-0.2, -0.15) is 0 Å². The molecule has 0 unspecified atom stereocenters. The summed E-state index contributed by atoms with van der Waals surface area (Å²) < 4.78 is 24.4. The monoisotopic (exact) mass is 441 g/mol. The number of hydrogen-bond donors (Lipinski definition) is 1. The molecule has 7 nitrogen and oxygen atoms in total. The van der Waals surface area contributed by atoms with Crippen LogP contribution in [0.1, 0.15) is 54.9 Å². The molecule has 8 heteroatoms. The van der Waals surface area contributed by atoms with E-state index >= 15 is 0 Å². The number of pyridine rings is 1. The second-order valence-corrected chi connectivity index (χ2v) is 8.54. The van der Waals surface area contributed by atoms with Gasteiger partial charge in [-0.1, -0.05) is 6.07 Å². The molecule has 0 radical (unpaired) electrons. The van der Waals surface area contributed by atoms with Gasteiger partial charge in [0.05, 0.1) is 18.7 Å². The molecule has 3 aromatic rings. The molecule has 2 aromatic heterocycles. The Hall–Kier alpha value is -3.42. The summed E-state index contributed by atoms with van der Waals surface area (Å²) >= 11 is 0. The highest BCUT2D eigenvalue weighted by Gasteiger charge is 2.28. The number of nitrogens with one attached hydrogen (secondary N) is 1. The van der Waals surface area contributed by atoms with E-state index in [9.17, 15) is 14.0 Å². The van der Waals surface area contributed by atoms with Gasteiger partial charge in [-0.3, -0.25) is 4.90 Å². The summed E-state index contributed by atoms with van der Waals surface area (Å²) in [4.78, 5) is 34.5. The number of hydrogen-bond acceptors (Lipinski definition) is 5. The standard InChI is InChI=1S/C24H28FN3O4/c1-7-31-22(29)19-15(3)18-10-11-26-21(20(18)27-19)28(23(30)32-24(4,5)6)13-16-8-9-17(25)12-14(16)2/h8-12,27H,7,13H2,1-6H3. The van der Waals surface area contributed by atoms with Gasteiger partial charge in [0, 0.05) is 11.6 Å². The minimum absolute atomic E-state index is 0.111. The Morgan fingerprint density at radius 3 is 2.53 bits per heavy atom. The number of aromatic nitrogens is 2. The number of carbonyl (C=O) groups excluding carboxylic acids is 2. The summed E-state index contributed by atoms with van der Waals surface area (Å²) in [5, 5.41) is 0.738. The fraction of sp³-hybridized carbons (Fsp3) is 0.375. The number of anilines is 1. The van der Waals surface area contributed by atoms with Crippen LogP contribution in [0.4, 0.5) is 15.0 Å². The molecule has 0 saturated heterocycles. The van der Waals surface area contributed by atoms with Crippen LogP contribution in [0, 0.1) is 19.7 Å². The van der Waals surface area contributed by atoms with Crippen molar-refractivity contribution >= 4 is 28.8 Å². The maximum Gasteiger partial charge on any atom is 0.416 e. The van der Waals surface area contributed by atoms with Crippen LogP contribution in [0.15, 0.2) is 30.5 Å². The van der Waals surface area contributed by atoms with Crippen molar-refractivity contribution in [3.63, 3.8) is 0 Å². The van der Waals surface area contributed by atoms with Gasteiger partial charge in [0.1, 0.15) is 17.1 Å². The highest BCUT2D eigenvalue weighted by Crippen LogP contribution is 2.31. The summed E-state index contributed by atoms with van der Waals surface area (Å²) in [7, 11) is 0. The van der Waals surface area contributed by atoms with E-state index in [1.165, 1.54) is 17.0 Å². The zero-order valence-corrected chi connectivity index (χ0v) is 19.2. The molecule has 0 aliphatic carbocycles. The van der Waals surface area contributed by atoms with Crippen LogP contribution in [0.2, 0.25) is 0 Å². The van der Waals surface area contributed by atoms with Crippen molar-refractivity contribution in [3.8, 4) is 0 Å². The van der Waals surface area contributed by atoms with Crippen molar-refractivity contribution in [2.75, 3.05) is 11.5 Å². The molecule has 0 spiro atoms. The van der Waals surface area contributed by atoms with Gasteiger partial charge >= 0.3 is 12.1 Å². The molecule has 0 aliphatic rings. The molecule has 32 heavy (non-hydrogen) atoms. The summed E-state index contributed by atoms with van der Waals surface area (Å²) in [5.41, 5.74) is 2.22. The van der Waals surface area contributed by atoms with E-state index in [0.29, 0.717) is 28.2 Å². The van der Waals surface area contributed by atoms with Crippen molar-refractivity contribution in [1.29, 1.82) is 0 Å². The molecule has 0 bridgehead atoms. The lowest BCUT2D eigenvalue weighted by atomic mass is 10.1. The highest BCUT2D eigenvalue weighted by molar-refractivity contribution is 6.04. The van der Waals surface area contributed by atoms with Gasteiger partial charge in [-0.05, 0) is 76.4 Å². The van der Waals surface area contributed by atoms with E-state index < -0.39 is 17.7 Å². The topological polar surface area (TPSA) is 84.5 Å². The second kappa shape index (κ2) is 8.98. The number of aromatic amines is 1. The fourth-order valence-electron chi connectivity index (χ4n) is 3.40. The molecule has 2 heterocycles. The van der Waals surface area contributed by atoms with Gasteiger partial charge in [0.2, 0.25) is 0 Å². The van der Waals surface area contributed by atoms with Crippen LogP contribution < -0.4 is 4.90 Å². The van der Waals surface area contributed by atoms with Crippen LogP contribution in [0.25, 0.3) is 10.9 Å².